The molecule has 0 saturated heterocycles. The quantitative estimate of drug-likeness (QED) is 0.428. The molecule has 158 valence electrons. The predicted octanol–water partition coefficient (Wildman–Crippen LogP) is 6.55. The van der Waals surface area contributed by atoms with E-state index >= 15 is 0 Å². The lowest BCUT2D eigenvalue weighted by molar-refractivity contribution is 0.125. The van der Waals surface area contributed by atoms with Gasteiger partial charge in [0, 0.05) is 29.4 Å². The number of aryl methyl sites for hydroxylation is 1. The minimum Gasteiger partial charge on any atom is -0.324 e. The van der Waals surface area contributed by atoms with Crippen LogP contribution in [0.3, 0.4) is 0 Å². The molecule has 2 aliphatic rings. The largest absolute Gasteiger partial charge is 0.324 e. The molecule has 0 saturated carbocycles. The van der Waals surface area contributed by atoms with E-state index in [1.54, 1.807) is 0 Å². The van der Waals surface area contributed by atoms with E-state index in [0.717, 1.165) is 24.3 Å². The highest BCUT2D eigenvalue weighted by Crippen LogP contribution is 2.62. The second-order valence-electron chi connectivity index (χ2n) is 12.0. The number of nitrogens with zero attached hydrogens (tertiary/aromatic N) is 3. The second-order valence-corrected chi connectivity index (χ2v) is 12.0. The van der Waals surface area contributed by atoms with E-state index in [1.165, 1.54) is 33.5 Å². The summed E-state index contributed by atoms with van der Waals surface area (Å²) in [5.41, 5.74) is 9.65. The fourth-order valence-electron chi connectivity index (χ4n) is 5.92. The van der Waals surface area contributed by atoms with Crippen molar-refractivity contribution in [3.63, 3.8) is 0 Å². The van der Waals surface area contributed by atoms with Crippen molar-refractivity contribution in [2.75, 3.05) is 0 Å². The van der Waals surface area contributed by atoms with Gasteiger partial charge in [-0.2, -0.15) is 0 Å². The smallest absolute Gasteiger partial charge is 0.141 e. The van der Waals surface area contributed by atoms with Crippen LogP contribution in [-0.4, -0.2) is 14.5 Å². The summed E-state index contributed by atoms with van der Waals surface area (Å²) < 4.78 is 2.44. The number of rotatable bonds is 0. The number of imidazole rings is 1. The maximum Gasteiger partial charge on any atom is 0.141 e. The van der Waals surface area contributed by atoms with Crippen molar-refractivity contribution in [3.05, 3.63) is 46.8 Å². The van der Waals surface area contributed by atoms with Crippen LogP contribution in [0.4, 0.5) is 0 Å². The molecular weight excluding hydrogens is 366 g/mol. The maximum atomic E-state index is 5.19. The molecule has 3 heteroatoms. The lowest BCUT2D eigenvalue weighted by Crippen LogP contribution is -2.42. The van der Waals surface area contributed by atoms with Crippen LogP contribution >= 0.6 is 0 Å². The summed E-state index contributed by atoms with van der Waals surface area (Å²) in [6.07, 6.45) is 2.98. The Morgan fingerprint density at radius 1 is 0.933 bits per heavy atom. The summed E-state index contributed by atoms with van der Waals surface area (Å²) in [6, 6.07) is 7.00. The normalized spacial score (nSPS) is 20.7. The number of pyridine rings is 1. The van der Waals surface area contributed by atoms with Crippen LogP contribution in [0.25, 0.3) is 22.4 Å². The van der Waals surface area contributed by atoms with Crippen LogP contribution in [0.15, 0.2) is 24.4 Å². The minimum absolute atomic E-state index is 0.0420. The molecule has 3 aromatic rings. The lowest BCUT2D eigenvalue weighted by atomic mass is 9.59. The van der Waals surface area contributed by atoms with Gasteiger partial charge in [0.15, 0.2) is 0 Å². The first-order valence-electron chi connectivity index (χ1n) is 11.3. The standard InChI is InChI=1S/C27H35N3/c1-24(2,3)22-16-11-13-30-21-15-19-18(25(4,5)27(8,9)26(19,6)7)14-20(21)29-23(30)17(16)10-12-28-22/h10,12,14-15H,11,13H2,1-9H3. The second kappa shape index (κ2) is 5.55. The van der Waals surface area contributed by atoms with Gasteiger partial charge in [0.2, 0.25) is 0 Å². The first-order chi connectivity index (χ1) is 13.8. The third kappa shape index (κ3) is 2.22. The highest BCUT2D eigenvalue weighted by atomic mass is 15.1. The van der Waals surface area contributed by atoms with Crippen molar-refractivity contribution in [1.29, 1.82) is 0 Å². The third-order valence-electron chi connectivity index (χ3n) is 8.95. The number of benzene rings is 1. The van der Waals surface area contributed by atoms with E-state index in [0.29, 0.717) is 0 Å². The lowest BCUT2D eigenvalue weighted by Gasteiger charge is -2.44. The fourth-order valence-corrected chi connectivity index (χ4v) is 5.92. The van der Waals surface area contributed by atoms with Crippen LogP contribution < -0.4 is 0 Å². The molecule has 30 heavy (non-hydrogen) atoms. The van der Waals surface area contributed by atoms with E-state index in [2.05, 4.69) is 85.1 Å². The molecule has 0 bridgehead atoms. The molecule has 0 spiro atoms. The van der Waals surface area contributed by atoms with Gasteiger partial charge in [-0.05, 0) is 57.6 Å². The van der Waals surface area contributed by atoms with Gasteiger partial charge in [-0.15, -0.1) is 0 Å². The van der Waals surface area contributed by atoms with Crippen LogP contribution in [0, 0.1) is 5.41 Å². The van der Waals surface area contributed by atoms with E-state index in [4.69, 9.17) is 9.97 Å². The number of hydrogen-bond acceptors (Lipinski definition) is 2. The highest BCUT2D eigenvalue weighted by molar-refractivity contribution is 5.85. The Morgan fingerprint density at radius 2 is 1.57 bits per heavy atom. The van der Waals surface area contributed by atoms with Gasteiger partial charge in [-0.1, -0.05) is 62.3 Å². The van der Waals surface area contributed by atoms with Crippen molar-refractivity contribution < 1.29 is 0 Å². The van der Waals surface area contributed by atoms with Crippen molar-refractivity contribution >= 4 is 11.0 Å². The van der Waals surface area contributed by atoms with E-state index in [9.17, 15) is 0 Å². The summed E-state index contributed by atoms with van der Waals surface area (Å²) in [5, 5.41) is 0. The third-order valence-corrected chi connectivity index (χ3v) is 8.95. The number of hydrogen-bond donors (Lipinski definition) is 0. The highest BCUT2D eigenvalue weighted by Gasteiger charge is 2.57. The summed E-state index contributed by atoms with van der Waals surface area (Å²) in [7, 11) is 0. The number of fused-ring (bicyclic) bond motifs is 6. The fraction of sp³-hybridized carbons (Fsp3) is 0.556. The van der Waals surface area contributed by atoms with Gasteiger partial charge in [-0.25, -0.2) is 4.98 Å². The Balaban J connectivity index is 1.78. The first-order valence-corrected chi connectivity index (χ1v) is 11.3. The molecule has 0 N–H and O–H groups in total. The van der Waals surface area contributed by atoms with Crippen molar-refractivity contribution in [1.82, 2.24) is 14.5 Å². The molecule has 1 aromatic carbocycles. The van der Waals surface area contributed by atoms with Gasteiger partial charge in [0.25, 0.3) is 0 Å². The molecule has 0 radical (unpaired) electrons. The van der Waals surface area contributed by atoms with Crippen molar-refractivity contribution in [3.8, 4) is 11.4 Å². The average Bonchev–Trinajstić information content (AvgIpc) is 3.07. The molecule has 1 aliphatic heterocycles. The molecule has 0 unspecified atom stereocenters. The van der Waals surface area contributed by atoms with Crippen molar-refractivity contribution in [2.45, 2.75) is 91.5 Å². The van der Waals surface area contributed by atoms with Crippen LogP contribution in [0.2, 0.25) is 0 Å². The topological polar surface area (TPSA) is 30.7 Å². The Hall–Kier alpha value is -2.16. The van der Waals surface area contributed by atoms with Crippen LogP contribution in [0.1, 0.15) is 84.7 Å². The van der Waals surface area contributed by atoms with Gasteiger partial charge < -0.3 is 4.57 Å². The Bertz CT molecular complexity index is 1200. The Labute approximate surface area is 180 Å². The summed E-state index contributed by atoms with van der Waals surface area (Å²) in [4.78, 5) is 9.95. The molecule has 0 atom stereocenters. The molecule has 5 rings (SSSR count). The Kier molecular flexibility index (Phi) is 3.66. The summed E-state index contributed by atoms with van der Waals surface area (Å²) in [6.45, 7) is 22.2. The van der Waals surface area contributed by atoms with Gasteiger partial charge in [-0.3, -0.25) is 4.98 Å². The van der Waals surface area contributed by atoms with Crippen LogP contribution in [0.5, 0.6) is 0 Å². The van der Waals surface area contributed by atoms with E-state index in [1.807, 2.05) is 6.20 Å². The number of aromatic nitrogens is 3. The SMILES string of the molecule is CC(C)(C)c1nccc2c1CCn1c-2nc2cc3c(cc21)C(C)(C)C(C)(C)C3(C)C. The van der Waals surface area contributed by atoms with Gasteiger partial charge >= 0.3 is 0 Å². The van der Waals surface area contributed by atoms with Gasteiger partial charge in [0.1, 0.15) is 5.82 Å². The summed E-state index contributed by atoms with van der Waals surface area (Å²) in [5.74, 6) is 1.11. The molecule has 2 aromatic heterocycles. The zero-order valence-corrected chi connectivity index (χ0v) is 20.1. The molecular formula is C27H35N3. The monoisotopic (exact) mass is 401 g/mol. The average molecular weight is 402 g/mol. The zero-order chi connectivity index (χ0) is 21.9. The molecule has 1 aliphatic carbocycles. The van der Waals surface area contributed by atoms with E-state index in [-0.39, 0.29) is 21.7 Å². The van der Waals surface area contributed by atoms with Crippen LogP contribution in [-0.2, 0) is 29.2 Å². The maximum absolute atomic E-state index is 5.19. The van der Waals surface area contributed by atoms with Gasteiger partial charge in [0.05, 0.1) is 11.0 Å². The molecule has 0 fully saturated rings. The minimum atomic E-state index is 0.0420. The Morgan fingerprint density at radius 3 is 2.20 bits per heavy atom. The predicted molar refractivity (Wildman–Crippen MR) is 125 cm³/mol. The summed E-state index contributed by atoms with van der Waals surface area (Å²) >= 11 is 0. The van der Waals surface area contributed by atoms with E-state index < -0.39 is 0 Å². The molecule has 0 amide bonds. The molecule has 3 nitrogen and oxygen atoms in total. The van der Waals surface area contributed by atoms with Crippen molar-refractivity contribution in [2.24, 2.45) is 5.41 Å². The zero-order valence-electron chi connectivity index (χ0n) is 20.1. The molecule has 3 heterocycles. The first kappa shape index (κ1) is 19.8.